The topological polar surface area (TPSA) is 192 Å². The van der Waals surface area contributed by atoms with Crippen LogP contribution in [0.2, 0.25) is 0 Å². The molecule has 1 saturated heterocycles. The minimum absolute atomic E-state index is 0.00840. The molecule has 2 aliphatic rings. The van der Waals surface area contributed by atoms with Crippen LogP contribution in [0.3, 0.4) is 0 Å². The highest BCUT2D eigenvalue weighted by atomic mass is 16.6. The summed E-state index contributed by atoms with van der Waals surface area (Å²) in [5.74, 6) is -2.51. The first kappa shape index (κ1) is 35.7. The van der Waals surface area contributed by atoms with Crippen molar-refractivity contribution in [2.24, 2.45) is 11.3 Å². The summed E-state index contributed by atoms with van der Waals surface area (Å²) >= 11 is 0. The van der Waals surface area contributed by atoms with Gasteiger partial charge in [-0.05, 0) is 67.1 Å². The minimum atomic E-state index is -1.51. The molecule has 262 valence electrons. The van der Waals surface area contributed by atoms with Gasteiger partial charge in [0.1, 0.15) is 23.2 Å². The third-order valence-corrected chi connectivity index (χ3v) is 8.89. The number of nitrogens with zero attached hydrogens (tertiary/aromatic N) is 6. The summed E-state index contributed by atoms with van der Waals surface area (Å²) in [4.78, 5) is 56.0. The maximum Gasteiger partial charge on any atom is 0.408 e. The Bertz CT molecular complexity index is 1850. The van der Waals surface area contributed by atoms with E-state index >= 15 is 0 Å². The van der Waals surface area contributed by atoms with E-state index in [4.69, 9.17) is 10.00 Å². The van der Waals surface area contributed by atoms with Crippen LogP contribution in [0.4, 0.5) is 4.79 Å². The lowest BCUT2D eigenvalue weighted by atomic mass is 9.85. The van der Waals surface area contributed by atoms with Crippen molar-refractivity contribution in [3.05, 3.63) is 66.7 Å². The van der Waals surface area contributed by atoms with Crippen LogP contribution in [0.5, 0.6) is 0 Å². The van der Waals surface area contributed by atoms with Gasteiger partial charge in [-0.1, -0.05) is 57.2 Å². The molecule has 2 fully saturated rings. The molecule has 1 aliphatic carbocycles. The molecule has 1 aromatic heterocycles. The van der Waals surface area contributed by atoms with Crippen molar-refractivity contribution in [2.45, 2.75) is 83.6 Å². The molecule has 14 nitrogen and oxygen atoms in total. The highest BCUT2D eigenvalue weighted by Crippen LogP contribution is 2.45. The number of rotatable bonds is 9. The van der Waals surface area contributed by atoms with Crippen molar-refractivity contribution < 1.29 is 29.0 Å². The molecule has 0 spiro atoms. The number of ether oxygens (including phenoxy) is 1. The summed E-state index contributed by atoms with van der Waals surface area (Å²) in [6.45, 7) is 14.2. The number of aromatic nitrogens is 4. The molecular weight excluding hydrogens is 640 g/mol. The SMILES string of the molecule is C=CC1CC1(NC(=O)C1CC(n2nnc(-c3cccc(-c4ccc(C#N)cc4)c3)n2)CN1C(=O)C(NC(=O)OC(C)(C)C)C(C)(C)C)C(=O)O. The molecule has 0 bridgehead atoms. The molecule has 3 aromatic rings. The second kappa shape index (κ2) is 13.4. The van der Waals surface area contributed by atoms with Gasteiger partial charge in [0.2, 0.25) is 17.6 Å². The molecule has 3 amide bonds. The lowest BCUT2D eigenvalue weighted by Gasteiger charge is -2.36. The molecule has 5 rings (SSSR count). The Hall–Kier alpha value is -5.58. The zero-order valence-electron chi connectivity index (χ0n) is 29.0. The Morgan fingerprint density at radius 1 is 1.08 bits per heavy atom. The number of amides is 3. The molecule has 50 heavy (non-hydrogen) atoms. The first-order valence-corrected chi connectivity index (χ1v) is 16.3. The smallest absolute Gasteiger partial charge is 0.408 e. The molecule has 2 heterocycles. The van der Waals surface area contributed by atoms with Crippen LogP contribution in [0.25, 0.3) is 22.5 Å². The minimum Gasteiger partial charge on any atom is -0.479 e. The molecule has 3 N–H and O–H groups in total. The van der Waals surface area contributed by atoms with E-state index in [2.05, 4.69) is 38.7 Å². The second-order valence-corrected chi connectivity index (χ2v) is 14.9. The average Bonchev–Trinajstić information content (AvgIpc) is 3.36. The van der Waals surface area contributed by atoms with Crippen LogP contribution in [-0.4, -0.2) is 83.9 Å². The van der Waals surface area contributed by atoms with E-state index in [-0.39, 0.29) is 19.4 Å². The molecule has 1 saturated carbocycles. The van der Waals surface area contributed by atoms with Gasteiger partial charge in [-0.25, -0.2) is 9.59 Å². The molecular formula is C36H42N8O6. The number of tetrazole rings is 1. The number of hydrogen-bond acceptors (Lipinski definition) is 9. The molecule has 0 radical (unpaired) electrons. The van der Waals surface area contributed by atoms with E-state index in [9.17, 15) is 24.3 Å². The molecule has 5 unspecified atom stereocenters. The fourth-order valence-electron chi connectivity index (χ4n) is 6.10. The van der Waals surface area contributed by atoms with Gasteiger partial charge in [0.25, 0.3) is 0 Å². The number of nitriles is 1. The van der Waals surface area contributed by atoms with Crippen molar-refractivity contribution in [2.75, 3.05) is 6.54 Å². The van der Waals surface area contributed by atoms with E-state index in [1.165, 1.54) is 15.8 Å². The highest BCUT2D eigenvalue weighted by Gasteiger charge is 2.61. The molecule has 2 aromatic carbocycles. The maximum atomic E-state index is 14.3. The lowest BCUT2D eigenvalue weighted by molar-refractivity contribution is -0.146. The molecule has 5 atom stereocenters. The van der Waals surface area contributed by atoms with Crippen molar-refractivity contribution in [1.82, 2.24) is 35.7 Å². The number of nitrogens with one attached hydrogen (secondary N) is 2. The van der Waals surface area contributed by atoms with Crippen molar-refractivity contribution in [3.63, 3.8) is 0 Å². The van der Waals surface area contributed by atoms with Crippen LogP contribution in [0.15, 0.2) is 61.2 Å². The zero-order valence-corrected chi connectivity index (χ0v) is 29.0. The first-order chi connectivity index (χ1) is 23.5. The summed E-state index contributed by atoms with van der Waals surface area (Å²) in [6.07, 6.45) is 0.954. The number of carbonyl (C=O) groups excluding carboxylic acids is 3. The van der Waals surface area contributed by atoms with E-state index < -0.39 is 64.5 Å². The van der Waals surface area contributed by atoms with Crippen LogP contribution in [0, 0.1) is 22.7 Å². The third kappa shape index (κ3) is 7.51. The summed E-state index contributed by atoms with van der Waals surface area (Å²) in [6, 6.07) is 14.0. The number of aliphatic carboxylic acids is 1. The maximum absolute atomic E-state index is 14.3. The van der Waals surface area contributed by atoms with Crippen LogP contribution in [-0.2, 0) is 19.1 Å². The molecule has 14 heteroatoms. The lowest BCUT2D eigenvalue weighted by Crippen LogP contribution is -2.59. The van der Waals surface area contributed by atoms with Crippen molar-refractivity contribution in [3.8, 4) is 28.6 Å². The number of carboxylic acid groups (broad SMARTS) is 1. The van der Waals surface area contributed by atoms with Gasteiger partial charge in [0.15, 0.2) is 0 Å². The summed E-state index contributed by atoms with van der Waals surface area (Å²) in [7, 11) is 0. The van der Waals surface area contributed by atoms with Crippen molar-refractivity contribution in [1.29, 1.82) is 5.26 Å². The monoisotopic (exact) mass is 682 g/mol. The fraction of sp³-hybridized carbons (Fsp3) is 0.444. The second-order valence-electron chi connectivity index (χ2n) is 14.9. The van der Waals surface area contributed by atoms with E-state index in [1.807, 2.05) is 36.4 Å². The van der Waals surface area contributed by atoms with E-state index in [1.54, 1.807) is 53.7 Å². The molecule has 1 aliphatic heterocycles. The van der Waals surface area contributed by atoms with E-state index in [0.29, 0.717) is 17.0 Å². The number of carbonyl (C=O) groups is 4. The Labute approximate surface area is 290 Å². The van der Waals surface area contributed by atoms with Gasteiger partial charge < -0.3 is 25.4 Å². The first-order valence-electron chi connectivity index (χ1n) is 16.3. The highest BCUT2D eigenvalue weighted by molar-refractivity contribution is 5.96. The third-order valence-electron chi connectivity index (χ3n) is 8.89. The van der Waals surface area contributed by atoms with Crippen LogP contribution in [0.1, 0.15) is 66.0 Å². The van der Waals surface area contributed by atoms with Crippen LogP contribution >= 0.6 is 0 Å². The Morgan fingerprint density at radius 2 is 1.76 bits per heavy atom. The largest absolute Gasteiger partial charge is 0.479 e. The predicted octanol–water partition coefficient (Wildman–Crippen LogP) is 4.11. The Kier molecular flexibility index (Phi) is 9.56. The Morgan fingerprint density at radius 3 is 2.34 bits per heavy atom. The van der Waals surface area contributed by atoms with Gasteiger partial charge in [-0.3, -0.25) is 9.59 Å². The Balaban J connectivity index is 1.43. The number of alkyl carbamates (subject to hydrolysis) is 1. The average molecular weight is 683 g/mol. The zero-order chi connectivity index (χ0) is 36.6. The predicted molar refractivity (Wildman–Crippen MR) is 182 cm³/mol. The number of carboxylic acids is 1. The van der Waals surface area contributed by atoms with Crippen molar-refractivity contribution >= 4 is 23.9 Å². The fourth-order valence-corrected chi connectivity index (χ4v) is 6.10. The van der Waals surface area contributed by atoms with Gasteiger partial charge in [0.05, 0.1) is 17.7 Å². The standard InChI is InChI=1S/C36H42N8O6/c1-8-25-18-36(25,32(47)48)39-30(45)27-17-26(20-43(27)31(46)28(34(2,3)4)38-33(49)50-35(5,6)7)44-41-29(40-42-44)24-11-9-10-23(16-24)22-14-12-21(19-37)13-15-22/h8-16,25-28H,1,17-18,20H2,2-7H3,(H,38,49)(H,39,45)(H,47,48). The van der Waals surface area contributed by atoms with Gasteiger partial charge in [-0.15, -0.1) is 16.8 Å². The normalized spacial score (nSPS) is 22.2. The quantitative estimate of drug-likeness (QED) is 0.277. The van der Waals surface area contributed by atoms with Gasteiger partial charge in [-0.2, -0.15) is 10.1 Å². The number of likely N-dealkylation sites (tertiary alicyclic amines) is 1. The van der Waals surface area contributed by atoms with Gasteiger partial charge in [0, 0.05) is 24.4 Å². The number of hydrogen-bond donors (Lipinski definition) is 3. The van der Waals surface area contributed by atoms with E-state index in [0.717, 1.165) is 11.1 Å². The number of benzene rings is 2. The van der Waals surface area contributed by atoms with Gasteiger partial charge >= 0.3 is 12.1 Å². The summed E-state index contributed by atoms with van der Waals surface area (Å²) in [5.41, 5.74) is -0.101. The summed E-state index contributed by atoms with van der Waals surface area (Å²) < 4.78 is 5.44. The van der Waals surface area contributed by atoms with Crippen LogP contribution < -0.4 is 10.6 Å². The summed E-state index contributed by atoms with van der Waals surface area (Å²) in [5, 5.41) is 37.6.